The van der Waals surface area contributed by atoms with E-state index in [2.05, 4.69) is 0 Å². The second kappa shape index (κ2) is 3.14. The minimum atomic E-state index is -0.988. The highest BCUT2D eigenvalue weighted by Crippen LogP contribution is 2.21. The summed E-state index contributed by atoms with van der Waals surface area (Å²) in [5.74, 6) is -0.988. The van der Waals surface area contributed by atoms with E-state index in [1.54, 1.807) is 31.3 Å². The van der Waals surface area contributed by atoms with Gasteiger partial charge in [0.05, 0.1) is 11.1 Å². The van der Waals surface area contributed by atoms with Gasteiger partial charge in [-0.3, -0.25) is 0 Å². The number of nitrogens with zero attached hydrogens (tertiary/aromatic N) is 2. The van der Waals surface area contributed by atoms with Gasteiger partial charge in [0, 0.05) is 12.4 Å². The molecule has 2 rings (SSSR count). The number of nitriles is 1. The Labute approximate surface area is 86.0 Å². The summed E-state index contributed by atoms with van der Waals surface area (Å²) in [6.07, 6.45) is 0. The summed E-state index contributed by atoms with van der Waals surface area (Å²) in [6.45, 7) is 0. The summed E-state index contributed by atoms with van der Waals surface area (Å²) in [6, 6.07) is 8.83. The Kier molecular flexibility index (Phi) is 1.94. The molecule has 0 atom stereocenters. The van der Waals surface area contributed by atoms with Crippen LogP contribution in [0.15, 0.2) is 24.3 Å². The Balaban J connectivity index is 2.90. The number of aryl methyl sites for hydroxylation is 1. The molecule has 0 fully saturated rings. The van der Waals surface area contributed by atoms with Gasteiger partial charge >= 0.3 is 5.97 Å². The van der Waals surface area contributed by atoms with E-state index < -0.39 is 5.97 Å². The summed E-state index contributed by atoms with van der Waals surface area (Å²) in [5, 5.41) is 18.6. The average Bonchev–Trinajstić information content (AvgIpc) is 2.56. The van der Waals surface area contributed by atoms with Gasteiger partial charge < -0.3 is 9.67 Å². The fraction of sp³-hybridized carbons (Fsp3) is 0.0909. The van der Waals surface area contributed by atoms with Gasteiger partial charge in [-0.05, 0) is 12.1 Å². The highest BCUT2D eigenvalue weighted by atomic mass is 16.4. The first kappa shape index (κ1) is 9.28. The highest BCUT2D eigenvalue weighted by molar-refractivity contribution is 5.96. The zero-order chi connectivity index (χ0) is 11.0. The van der Waals surface area contributed by atoms with Crippen molar-refractivity contribution in [3.63, 3.8) is 0 Å². The quantitative estimate of drug-likeness (QED) is 0.762. The SMILES string of the molecule is Cn1c(C(=O)O)cc2cccc(C#N)c21. The molecular weight excluding hydrogens is 192 g/mol. The lowest BCUT2D eigenvalue weighted by molar-refractivity contribution is 0.0687. The van der Waals surface area contributed by atoms with Crippen LogP contribution < -0.4 is 0 Å². The van der Waals surface area contributed by atoms with Crippen LogP contribution in [0.4, 0.5) is 0 Å². The Morgan fingerprint density at radius 3 is 2.87 bits per heavy atom. The lowest BCUT2D eigenvalue weighted by Gasteiger charge is -2.00. The van der Waals surface area contributed by atoms with Gasteiger partial charge in [0.25, 0.3) is 0 Å². The molecule has 2 aromatic rings. The highest BCUT2D eigenvalue weighted by Gasteiger charge is 2.13. The molecule has 0 saturated carbocycles. The molecule has 1 aromatic carbocycles. The van der Waals surface area contributed by atoms with Crippen molar-refractivity contribution >= 4 is 16.9 Å². The van der Waals surface area contributed by atoms with Crippen LogP contribution >= 0.6 is 0 Å². The first-order valence-corrected chi connectivity index (χ1v) is 4.37. The maximum Gasteiger partial charge on any atom is 0.352 e. The standard InChI is InChI=1S/C11H8N2O2/c1-13-9(11(14)15)5-7-3-2-4-8(6-12)10(7)13/h2-5H,1H3,(H,14,15). The molecule has 0 spiro atoms. The largest absolute Gasteiger partial charge is 0.477 e. The molecule has 0 aliphatic carbocycles. The molecule has 0 aliphatic rings. The molecule has 0 saturated heterocycles. The normalized spacial score (nSPS) is 10.1. The van der Waals surface area contributed by atoms with E-state index in [0.717, 1.165) is 5.39 Å². The van der Waals surface area contributed by atoms with Gasteiger partial charge in [-0.25, -0.2) is 4.79 Å². The van der Waals surface area contributed by atoms with Crippen LogP contribution in [-0.4, -0.2) is 15.6 Å². The molecule has 1 N–H and O–H groups in total. The molecule has 4 nitrogen and oxygen atoms in total. The number of carboxylic acid groups (broad SMARTS) is 1. The average molecular weight is 200 g/mol. The number of aromatic carboxylic acids is 1. The van der Waals surface area contributed by atoms with Gasteiger partial charge in [-0.1, -0.05) is 12.1 Å². The van der Waals surface area contributed by atoms with Crippen molar-refractivity contribution in [2.75, 3.05) is 0 Å². The van der Waals surface area contributed by atoms with Crippen molar-refractivity contribution in [3.05, 3.63) is 35.5 Å². The second-order valence-electron chi connectivity index (χ2n) is 3.25. The smallest absolute Gasteiger partial charge is 0.352 e. The number of carbonyl (C=O) groups is 1. The van der Waals surface area contributed by atoms with Crippen molar-refractivity contribution in [3.8, 4) is 6.07 Å². The number of para-hydroxylation sites is 1. The van der Waals surface area contributed by atoms with Crippen molar-refractivity contribution in [2.45, 2.75) is 0 Å². The third-order valence-electron chi connectivity index (χ3n) is 2.40. The topological polar surface area (TPSA) is 66.0 Å². The predicted molar refractivity (Wildman–Crippen MR) is 54.6 cm³/mol. The van der Waals surface area contributed by atoms with Crippen molar-refractivity contribution in [2.24, 2.45) is 7.05 Å². The van der Waals surface area contributed by atoms with Gasteiger partial charge in [-0.2, -0.15) is 5.26 Å². The predicted octanol–water partition coefficient (Wildman–Crippen LogP) is 1.75. The molecule has 74 valence electrons. The van der Waals surface area contributed by atoms with Gasteiger partial charge in [-0.15, -0.1) is 0 Å². The summed E-state index contributed by atoms with van der Waals surface area (Å²) in [7, 11) is 1.65. The minimum Gasteiger partial charge on any atom is -0.477 e. The van der Waals surface area contributed by atoms with E-state index in [1.165, 1.54) is 4.57 Å². The monoisotopic (exact) mass is 200 g/mol. The van der Waals surface area contributed by atoms with Gasteiger partial charge in [0.15, 0.2) is 0 Å². The molecule has 0 amide bonds. The maximum absolute atomic E-state index is 10.9. The van der Waals surface area contributed by atoms with Crippen LogP contribution in [-0.2, 0) is 7.05 Å². The lowest BCUT2D eigenvalue weighted by atomic mass is 10.1. The molecule has 0 bridgehead atoms. The van der Waals surface area contributed by atoms with E-state index in [1.807, 2.05) is 6.07 Å². The number of benzene rings is 1. The van der Waals surface area contributed by atoms with Crippen LogP contribution in [0.3, 0.4) is 0 Å². The van der Waals surface area contributed by atoms with E-state index >= 15 is 0 Å². The minimum absolute atomic E-state index is 0.188. The molecule has 0 unspecified atom stereocenters. The zero-order valence-electron chi connectivity index (χ0n) is 8.06. The molecule has 15 heavy (non-hydrogen) atoms. The number of hydrogen-bond acceptors (Lipinski definition) is 2. The Morgan fingerprint density at radius 2 is 2.27 bits per heavy atom. The van der Waals surface area contributed by atoms with Crippen molar-refractivity contribution in [1.82, 2.24) is 4.57 Å². The van der Waals surface area contributed by atoms with Crippen molar-refractivity contribution < 1.29 is 9.90 Å². The molecule has 0 aliphatic heterocycles. The zero-order valence-corrected chi connectivity index (χ0v) is 8.06. The number of carboxylic acids is 1. The third kappa shape index (κ3) is 1.25. The van der Waals surface area contributed by atoms with Crippen LogP contribution in [0.1, 0.15) is 16.1 Å². The van der Waals surface area contributed by atoms with E-state index in [0.29, 0.717) is 11.1 Å². The maximum atomic E-state index is 10.9. The molecule has 0 radical (unpaired) electrons. The van der Waals surface area contributed by atoms with Crippen LogP contribution in [0, 0.1) is 11.3 Å². The van der Waals surface area contributed by atoms with Gasteiger partial charge in [0.1, 0.15) is 11.8 Å². The summed E-state index contributed by atoms with van der Waals surface area (Å²) in [4.78, 5) is 10.9. The Bertz CT molecular complexity index is 590. The van der Waals surface area contributed by atoms with E-state index in [4.69, 9.17) is 10.4 Å². The van der Waals surface area contributed by atoms with Crippen LogP contribution in [0.25, 0.3) is 10.9 Å². The molecule has 1 aromatic heterocycles. The number of hydrogen-bond donors (Lipinski definition) is 1. The van der Waals surface area contributed by atoms with Gasteiger partial charge in [0.2, 0.25) is 0 Å². The van der Waals surface area contributed by atoms with Crippen LogP contribution in [0.2, 0.25) is 0 Å². The van der Waals surface area contributed by atoms with Crippen molar-refractivity contribution in [1.29, 1.82) is 5.26 Å². The first-order valence-electron chi connectivity index (χ1n) is 4.37. The summed E-state index contributed by atoms with van der Waals surface area (Å²) < 4.78 is 1.52. The number of aromatic nitrogens is 1. The Hall–Kier alpha value is -2.28. The first-order chi connectivity index (χ1) is 7.15. The lowest BCUT2D eigenvalue weighted by Crippen LogP contribution is -2.04. The third-order valence-corrected chi connectivity index (χ3v) is 2.40. The second-order valence-corrected chi connectivity index (χ2v) is 3.25. The van der Waals surface area contributed by atoms with Crippen LogP contribution in [0.5, 0.6) is 0 Å². The van der Waals surface area contributed by atoms with E-state index in [-0.39, 0.29) is 5.69 Å². The summed E-state index contributed by atoms with van der Waals surface area (Å²) in [5.41, 5.74) is 1.34. The summed E-state index contributed by atoms with van der Waals surface area (Å²) >= 11 is 0. The molecular formula is C11H8N2O2. The van der Waals surface area contributed by atoms with E-state index in [9.17, 15) is 4.79 Å². The fourth-order valence-electron chi connectivity index (χ4n) is 1.71. The number of rotatable bonds is 1. The fourth-order valence-corrected chi connectivity index (χ4v) is 1.71. The molecule has 4 heteroatoms. The number of fused-ring (bicyclic) bond motifs is 1. The molecule has 1 heterocycles. The Morgan fingerprint density at radius 1 is 1.53 bits per heavy atom.